The van der Waals surface area contributed by atoms with E-state index in [1.54, 1.807) is 4.90 Å². The quantitative estimate of drug-likeness (QED) is 0.761. The molecule has 7 nitrogen and oxygen atoms in total. The van der Waals surface area contributed by atoms with Crippen LogP contribution in [0.3, 0.4) is 0 Å². The number of hydrogen-bond donors (Lipinski definition) is 0. The largest absolute Gasteiger partial charge is 0.421 e. The van der Waals surface area contributed by atoms with Crippen LogP contribution in [0.2, 0.25) is 0 Å². The van der Waals surface area contributed by atoms with Crippen molar-refractivity contribution in [3.63, 3.8) is 0 Å². The third kappa shape index (κ3) is 3.34. The molecule has 2 fully saturated rings. The predicted molar refractivity (Wildman–Crippen MR) is 91.7 cm³/mol. The first-order chi connectivity index (χ1) is 11.8. The number of amides is 1. The minimum absolute atomic E-state index is 0.160. The van der Waals surface area contributed by atoms with Gasteiger partial charge in [0.25, 0.3) is 5.91 Å². The number of ketones is 1. The van der Waals surface area contributed by atoms with E-state index in [9.17, 15) is 9.59 Å². The van der Waals surface area contributed by atoms with Gasteiger partial charge in [0.2, 0.25) is 17.6 Å². The molecule has 3 heterocycles. The average molecular weight is 348 g/mol. The monoisotopic (exact) mass is 348 g/mol. The summed E-state index contributed by atoms with van der Waals surface area (Å²) in [6.45, 7) is 7.15. The van der Waals surface area contributed by atoms with Crippen LogP contribution < -0.4 is 0 Å². The second-order valence-electron chi connectivity index (χ2n) is 7.84. The highest BCUT2D eigenvalue weighted by atomic mass is 16.4. The third-order valence-electron chi connectivity index (χ3n) is 5.75. The predicted octanol–water partition coefficient (Wildman–Crippen LogP) is 2.51. The Kier molecular flexibility index (Phi) is 4.95. The molecule has 0 aromatic carbocycles. The molecule has 2 aliphatic heterocycles. The summed E-state index contributed by atoms with van der Waals surface area (Å²) < 4.78 is 5.92. The Labute approximate surface area is 148 Å². The molecule has 0 N–H and O–H groups in total. The molecule has 2 atom stereocenters. The molecule has 2 saturated heterocycles. The van der Waals surface area contributed by atoms with Crippen LogP contribution in [0, 0.1) is 5.41 Å². The molecule has 7 heteroatoms. The summed E-state index contributed by atoms with van der Waals surface area (Å²) in [4.78, 5) is 29.1. The average Bonchev–Trinajstić information content (AvgIpc) is 3.32. The second-order valence-corrected chi connectivity index (χ2v) is 7.84. The van der Waals surface area contributed by atoms with Gasteiger partial charge < -0.3 is 9.32 Å². The molecule has 138 valence electrons. The molecule has 1 aromatic rings. The Balaban J connectivity index is 1.77. The zero-order valence-electron chi connectivity index (χ0n) is 15.6. The number of likely N-dealkylation sites (tertiary alicyclic amines) is 2. The molecule has 0 spiro atoms. The van der Waals surface area contributed by atoms with Gasteiger partial charge in [-0.05, 0) is 45.7 Å². The van der Waals surface area contributed by atoms with E-state index < -0.39 is 11.3 Å². The lowest BCUT2D eigenvalue weighted by Gasteiger charge is -2.26. The van der Waals surface area contributed by atoms with Crippen molar-refractivity contribution in [3.05, 3.63) is 11.8 Å². The molecule has 3 rings (SSSR count). The highest BCUT2D eigenvalue weighted by Gasteiger charge is 2.41. The van der Waals surface area contributed by atoms with Gasteiger partial charge in [0.15, 0.2) is 0 Å². The smallest absolute Gasteiger partial charge is 0.291 e. The van der Waals surface area contributed by atoms with Crippen LogP contribution in [0.25, 0.3) is 0 Å². The topological polar surface area (TPSA) is 79.5 Å². The third-order valence-corrected chi connectivity index (χ3v) is 5.75. The zero-order valence-corrected chi connectivity index (χ0v) is 15.6. The maximum absolute atomic E-state index is 12.7. The summed E-state index contributed by atoms with van der Waals surface area (Å²) in [6.07, 6.45) is 4.36. The van der Waals surface area contributed by atoms with Crippen molar-refractivity contribution < 1.29 is 14.0 Å². The van der Waals surface area contributed by atoms with E-state index in [-0.39, 0.29) is 17.9 Å². The standard InChI is InChI=1S/C18H28N4O3/c1-5-18(2,3)14(23)17(24)22-11-7-9-13(22)16-20-19-15(25-16)12-8-6-10-21(12)4/h12-13H,5-11H2,1-4H3/t12?,13-/m0/s1. The number of carbonyl (C=O) groups is 2. The fourth-order valence-corrected chi connectivity index (χ4v) is 3.59. The molecule has 0 bridgehead atoms. The van der Waals surface area contributed by atoms with Crippen molar-refractivity contribution in [2.75, 3.05) is 20.1 Å². The van der Waals surface area contributed by atoms with Crippen molar-refractivity contribution >= 4 is 11.7 Å². The second kappa shape index (κ2) is 6.86. The minimum Gasteiger partial charge on any atom is -0.421 e. The lowest BCUT2D eigenvalue weighted by molar-refractivity contribution is -0.150. The molecule has 1 unspecified atom stereocenters. The van der Waals surface area contributed by atoms with Gasteiger partial charge in [-0.15, -0.1) is 10.2 Å². The van der Waals surface area contributed by atoms with Gasteiger partial charge in [-0.2, -0.15) is 0 Å². The Morgan fingerprint density at radius 3 is 2.32 bits per heavy atom. The van der Waals surface area contributed by atoms with Crippen molar-refractivity contribution in [3.8, 4) is 0 Å². The molecule has 1 aromatic heterocycles. The number of hydrogen-bond acceptors (Lipinski definition) is 6. The van der Waals surface area contributed by atoms with Gasteiger partial charge in [0.05, 0.1) is 6.04 Å². The maximum Gasteiger partial charge on any atom is 0.291 e. The number of nitrogens with zero attached hydrogens (tertiary/aromatic N) is 4. The molecular weight excluding hydrogens is 320 g/mol. The Morgan fingerprint density at radius 1 is 1.12 bits per heavy atom. The molecule has 1 amide bonds. The summed E-state index contributed by atoms with van der Waals surface area (Å²) in [5.74, 6) is 0.321. The number of carbonyl (C=O) groups excluding carboxylic acids is 2. The first-order valence-electron chi connectivity index (χ1n) is 9.24. The lowest BCUT2D eigenvalue weighted by atomic mass is 9.84. The van der Waals surface area contributed by atoms with Crippen LogP contribution in [0.5, 0.6) is 0 Å². The van der Waals surface area contributed by atoms with Crippen LogP contribution in [0.15, 0.2) is 4.42 Å². The summed E-state index contributed by atoms with van der Waals surface area (Å²) in [5, 5.41) is 8.42. The van der Waals surface area contributed by atoms with Crippen molar-refractivity contribution in [2.45, 2.75) is 65.0 Å². The molecule has 0 saturated carbocycles. The van der Waals surface area contributed by atoms with Gasteiger partial charge in [-0.25, -0.2) is 0 Å². The summed E-state index contributed by atoms with van der Waals surface area (Å²) in [6, 6.07) is -0.121. The highest BCUT2D eigenvalue weighted by molar-refractivity contribution is 6.38. The highest BCUT2D eigenvalue weighted by Crippen LogP contribution is 2.35. The van der Waals surface area contributed by atoms with Crippen LogP contribution in [0.1, 0.15) is 76.7 Å². The molecule has 25 heavy (non-hydrogen) atoms. The van der Waals surface area contributed by atoms with E-state index in [0.29, 0.717) is 24.7 Å². The summed E-state index contributed by atoms with van der Waals surface area (Å²) in [7, 11) is 2.05. The fourth-order valence-electron chi connectivity index (χ4n) is 3.59. The van der Waals surface area contributed by atoms with Gasteiger partial charge in [-0.3, -0.25) is 14.5 Å². The lowest BCUT2D eigenvalue weighted by Crippen LogP contribution is -2.42. The van der Waals surface area contributed by atoms with Crippen molar-refractivity contribution in [1.82, 2.24) is 20.0 Å². The van der Waals surface area contributed by atoms with Crippen molar-refractivity contribution in [2.24, 2.45) is 5.41 Å². The van der Waals surface area contributed by atoms with Crippen LogP contribution >= 0.6 is 0 Å². The van der Waals surface area contributed by atoms with Crippen molar-refractivity contribution in [1.29, 1.82) is 0 Å². The first kappa shape index (κ1) is 18.0. The van der Waals surface area contributed by atoms with Gasteiger partial charge in [0.1, 0.15) is 6.04 Å². The van der Waals surface area contributed by atoms with Gasteiger partial charge in [0, 0.05) is 12.0 Å². The summed E-state index contributed by atoms with van der Waals surface area (Å²) in [5.41, 5.74) is -0.642. The van der Waals surface area contributed by atoms with Crippen LogP contribution in [-0.4, -0.2) is 51.8 Å². The molecule has 0 aliphatic carbocycles. The SMILES string of the molecule is CCC(C)(C)C(=O)C(=O)N1CCC[C@H]1c1nnc(C2CCCN2C)o1. The summed E-state index contributed by atoms with van der Waals surface area (Å²) >= 11 is 0. The van der Waals surface area contributed by atoms with E-state index in [2.05, 4.69) is 22.1 Å². The zero-order chi connectivity index (χ0) is 18.2. The van der Waals surface area contributed by atoms with Crippen LogP contribution in [0.4, 0.5) is 0 Å². The number of aromatic nitrogens is 2. The van der Waals surface area contributed by atoms with Gasteiger partial charge in [-0.1, -0.05) is 20.8 Å². The Bertz CT molecular complexity index is 655. The molecule has 2 aliphatic rings. The normalized spacial score (nSPS) is 24.9. The maximum atomic E-state index is 12.7. The van der Waals surface area contributed by atoms with Crippen LogP contribution in [-0.2, 0) is 9.59 Å². The minimum atomic E-state index is -0.642. The fraction of sp³-hybridized carbons (Fsp3) is 0.778. The Morgan fingerprint density at radius 2 is 1.72 bits per heavy atom. The number of Topliss-reactive ketones (excluding diaryl/α,β-unsaturated/α-hetero) is 1. The molecule has 0 radical (unpaired) electrons. The van der Waals surface area contributed by atoms with E-state index >= 15 is 0 Å². The van der Waals surface area contributed by atoms with Gasteiger partial charge >= 0.3 is 0 Å². The first-order valence-corrected chi connectivity index (χ1v) is 9.24. The van der Waals surface area contributed by atoms with E-state index in [1.165, 1.54) is 0 Å². The van der Waals surface area contributed by atoms with E-state index in [0.717, 1.165) is 32.2 Å². The number of rotatable bonds is 5. The molecular formula is C18H28N4O3. The van der Waals surface area contributed by atoms with E-state index in [4.69, 9.17) is 4.42 Å². The van der Waals surface area contributed by atoms with E-state index in [1.807, 2.05) is 20.8 Å². The Hall–Kier alpha value is -1.76.